The minimum absolute atomic E-state index is 0.0572. The zero-order valence-electron chi connectivity index (χ0n) is 7.72. The minimum atomic E-state index is 0.0572. The van der Waals surface area contributed by atoms with Crippen molar-refractivity contribution in [2.45, 2.75) is 32.6 Å². The molecule has 0 aliphatic rings. The predicted octanol–water partition coefficient (Wildman–Crippen LogP) is 2.34. The Morgan fingerprint density at radius 3 is 2.83 bits per heavy atom. The van der Waals surface area contributed by atoms with Gasteiger partial charge in [-0.1, -0.05) is 25.9 Å². The molecule has 0 atom stereocenters. The Labute approximate surface area is 73.0 Å². The summed E-state index contributed by atoms with van der Waals surface area (Å²) < 4.78 is 4.83. The smallest absolute Gasteiger partial charge is 0.159 e. The van der Waals surface area contributed by atoms with Crippen LogP contribution in [0.4, 0.5) is 0 Å². The zero-order valence-corrected chi connectivity index (χ0v) is 7.72. The van der Waals surface area contributed by atoms with Crippen molar-refractivity contribution in [3.05, 3.63) is 17.5 Å². The van der Waals surface area contributed by atoms with Crippen molar-refractivity contribution in [3.8, 4) is 12.3 Å². The molecule has 2 nitrogen and oxygen atoms in total. The average molecular weight is 163 g/mol. The molecule has 0 unspecified atom stereocenters. The molecule has 1 rings (SSSR count). The van der Waals surface area contributed by atoms with Gasteiger partial charge in [-0.2, -0.15) is 0 Å². The van der Waals surface area contributed by atoms with Crippen molar-refractivity contribution in [3.63, 3.8) is 0 Å². The predicted molar refractivity (Wildman–Crippen MR) is 47.8 cm³/mol. The summed E-state index contributed by atoms with van der Waals surface area (Å²) >= 11 is 0. The first-order valence-electron chi connectivity index (χ1n) is 4.03. The SMILES string of the molecule is C#Cc1nocc1C(C)(C)CC. The third-order valence-electron chi connectivity index (χ3n) is 2.32. The first kappa shape index (κ1) is 8.86. The lowest BCUT2D eigenvalue weighted by molar-refractivity contribution is 0.412. The van der Waals surface area contributed by atoms with E-state index < -0.39 is 0 Å². The van der Waals surface area contributed by atoms with E-state index in [1.165, 1.54) is 0 Å². The van der Waals surface area contributed by atoms with Crippen molar-refractivity contribution < 1.29 is 4.52 Å². The van der Waals surface area contributed by atoms with Crippen LogP contribution in [0.25, 0.3) is 0 Å². The van der Waals surface area contributed by atoms with E-state index in [1.54, 1.807) is 6.26 Å². The molecule has 0 bridgehead atoms. The molecule has 0 fully saturated rings. The summed E-state index contributed by atoms with van der Waals surface area (Å²) in [5.41, 5.74) is 1.70. The largest absolute Gasteiger partial charge is 0.363 e. The molecule has 2 heteroatoms. The van der Waals surface area contributed by atoms with Crippen LogP contribution in [0, 0.1) is 12.3 Å². The van der Waals surface area contributed by atoms with Gasteiger partial charge < -0.3 is 4.52 Å². The second-order valence-electron chi connectivity index (χ2n) is 3.46. The van der Waals surface area contributed by atoms with Crippen LogP contribution in [0.15, 0.2) is 10.8 Å². The Hall–Kier alpha value is -1.23. The Morgan fingerprint density at radius 1 is 1.67 bits per heavy atom. The second kappa shape index (κ2) is 3.02. The molecular formula is C10H13NO. The molecule has 0 radical (unpaired) electrons. The highest BCUT2D eigenvalue weighted by Gasteiger charge is 2.23. The van der Waals surface area contributed by atoms with E-state index in [2.05, 4.69) is 31.8 Å². The number of hydrogen-bond acceptors (Lipinski definition) is 2. The standard InChI is InChI=1S/C10H13NO/c1-5-9-8(7-12-11-9)10(3,4)6-2/h1,7H,6H2,2-4H3. The molecule has 1 aromatic heterocycles. The molecule has 0 aromatic carbocycles. The number of nitrogens with zero attached hydrogens (tertiary/aromatic N) is 1. The van der Waals surface area contributed by atoms with Crippen LogP contribution in [-0.2, 0) is 5.41 Å². The number of rotatable bonds is 2. The number of aromatic nitrogens is 1. The highest BCUT2D eigenvalue weighted by molar-refractivity contribution is 5.35. The third kappa shape index (κ3) is 1.35. The topological polar surface area (TPSA) is 26.0 Å². The van der Waals surface area contributed by atoms with E-state index >= 15 is 0 Å². The lowest BCUT2D eigenvalue weighted by atomic mass is 9.83. The van der Waals surface area contributed by atoms with Crippen LogP contribution in [0.2, 0.25) is 0 Å². The monoisotopic (exact) mass is 163 g/mol. The van der Waals surface area contributed by atoms with Gasteiger partial charge in [0, 0.05) is 5.56 Å². The summed E-state index contributed by atoms with van der Waals surface area (Å²) in [7, 11) is 0. The van der Waals surface area contributed by atoms with Crippen LogP contribution in [-0.4, -0.2) is 5.16 Å². The number of terminal acetylenes is 1. The molecule has 0 N–H and O–H groups in total. The summed E-state index contributed by atoms with van der Waals surface area (Å²) in [6, 6.07) is 0. The van der Waals surface area contributed by atoms with Crippen molar-refractivity contribution in [1.82, 2.24) is 5.16 Å². The molecule has 0 aliphatic heterocycles. The molecule has 12 heavy (non-hydrogen) atoms. The summed E-state index contributed by atoms with van der Waals surface area (Å²) in [5.74, 6) is 2.51. The van der Waals surface area contributed by atoms with Gasteiger partial charge in [-0.05, 0) is 17.8 Å². The molecule has 0 amide bonds. The molecule has 0 spiro atoms. The minimum Gasteiger partial charge on any atom is -0.363 e. The maximum atomic E-state index is 5.27. The van der Waals surface area contributed by atoms with E-state index in [9.17, 15) is 0 Å². The summed E-state index contributed by atoms with van der Waals surface area (Å²) in [6.07, 6.45) is 7.93. The average Bonchev–Trinajstić information content (AvgIpc) is 2.52. The molecule has 1 aromatic rings. The van der Waals surface area contributed by atoms with Crippen molar-refractivity contribution in [1.29, 1.82) is 0 Å². The Bertz CT molecular complexity index is 304. The Morgan fingerprint density at radius 2 is 2.33 bits per heavy atom. The molecule has 64 valence electrons. The number of hydrogen-bond donors (Lipinski definition) is 0. The van der Waals surface area contributed by atoms with Crippen LogP contribution in [0.5, 0.6) is 0 Å². The molecular weight excluding hydrogens is 150 g/mol. The Kier molecular flexibility index (Phi) is 2.23. The maximum absolute atomic E-state index is 5.27. The van der Waals surface area contributed by atoms with Gasteiger partial charge in [-0.25, -0.2) is 0 Å². The van der Waals surface area contributed by atoms with Crippen LogP contribution >= 0.6 is 0 Å². The fourth-order valence-electron chi connectivity index (χ4n) is 1.01. The normalized spacial score (nSPS) is 11.2. The Balaban J connectivity index is 3.11. The van der Waals surface area contributed by atoms with Crippen LogP contribution in [0.3, 0.4) is 0 Å². The summed E-state index contributed by atoms with van der Waals surface area (Å²) in [4.78, 5) is 0. The highest BCUT2D eigenvalue weighted by atomic mass is 16.5. The fourth-order valence-corrected chi connectivity index (χ4v) is 1.01. The van der Waals surface area contributed by atoms with Gasteiger partial charge in [0.1, 0.15) is 6.26 Å². The highest BCUT2D eigenvalue weighted by Crippen LogP contribution is 2.28. The van der Waals surface area contributed by atoms with Crippen molar-refractivity contribution in [2.75, 3.05) is 0 Å². The zero-order chi connectivity index (χ0) is 9.19. The third-order valence-corrected chi connectivity index (χ3v) is 2.32. The van der Waals surface area contributed by atoms with E-state index in [1.807, 2.05) is 0 Å². The van der Waals surface area contributed by atoms with Crippen molar-refractivity contribution in [2.24, 2.45) is 0 Å². The molecule has 0 saturated carbocycles. The van der Waals surface area contributed by atoms with Gasteiger partial charge in [0.2, 0.25) is 0 Å². The van der Waals surface area contributed by atoms with E-state index in [0.29, 0.717) is 5.69 Å². The first-order chi connectivity index (χ1) is 5.61. The van der Waals surface area contributed by atoms with E-state index in [4.69, 9.17) is 10.9 Å². The summed E-state index contributed by atoms with van der Waals surface area (Å²) in [6.45, 7) is 6.37. The van der Waals surface area contributed by atoms with Gasteiger partial charge in [-0.15, -0.1) is 6.42 Å². The van der Waals surface area contributed by atoms with Crippen molar-refractivity contribution >= 4 is 0 Å². The van der Waals surface area contributed by atoms with E-state index in [0.717, 1.165) is 12.0 Å². The quantitative estimate of drug-likeness (QED) is 0.625. The maximum Gasteiger partial charge on any atom is 0.159 e. The van der Waals surface area contributed by atoms with Gasteiger partial charge in [0.05, 0.1) is 0 Å². The molecule has 1 heterocycles. The first-order valence-corrected chi connectivity index (χ1v) is 4.03. The van der Waals surface area contributed by atoms with Gasteiger partial charge in [0.25, 0.3) is 0 Å². The second-order valence-corrected chi connectivity index (χ2v) is 3.46. The van der Waals surface area contributed by atoms with Crippen LogP contribution < -0.4 is 0 Å². The lowest BCUT2D eigenvalue weighted by Gasteiger charge is -2.20. The molecule has 0 aliphatic carbocycles. The fraction of sp³-hybridized carbons (Fsp3) is 0.500. The lowest BCUT2D eigenvalue weighted by Crippen LogP contribution is -2.15. The van der Waals surface area contributed by atoms with Gasteiger partial charge in [-0.3, -0.25) is 0 Å². The summed E-state index contributed by atoms with van der Waals surface area (Å²) in [5, 5.41) is 3.74. The molecule has 0 saturated heterocycles. The van der Waals surface area contributed by atoms with Gasteiger partial charge in [0.15, 0.2) is 5.69 Å². The van der Waals surface area contributed by atoms with E-state index in [-0.39, 0.29) is 5.41 Å². The van der Waals surface area contributed by atoms with Gasteiger partial charge >= 0.3 is 0 Å². The van der Waals surface area contributed by atoms with Crippen LogP contribution in [0.1, 0.15) is 38.4 Å².